The molecule has 1 rings (SSSR count). The summed E-state index contributed by atoms with van der Waals surface area (Å²) < 4.78 is 42.0. The second kappa shape index (κ2) is 8.18. The number of halogens is 2. The Hall–Kier alpha value is -2.78. The lowest BCUT2D eigenvalue weighted by molar-refractivity contribution is -0.484. The lowest BCUT2D eigenvalue weighted by Gasteiger charge is -2.21. The zero-order valence-electron chi connectivity index (χ0n) is 13.1. The molecule has 10 heteroatoms. The zero-order valence-corrected chi connectivity index (χ0v) is 13.1. The molecule has 0 N–H and O–H groups in total. The highest BCUT2D eigenvalue weighted by Gasteiger charge is 2.43. The molecule has 0 aliphatic rings. The van der Waals surface area contributed by atoms with E-state index in [0.29, 0.717) is 0 Å². The number of rotatable bonds is 7. The quantitative estimate of drug-likeness (QED) is 0.317. The molecule has 0 saturated heterocycles. The molecule has 0 heterocycles. The molecule has 0 fully saturated rings. The van der Waals surface area contributed by atoms with E-state index in [4.69, 9.17) is 4.74 Å². The highest BCUT2D eigenvalue weighted by atomic mass is 19.1. The van der Waals surface area contributed by atoms with Gasteiger partial charge in [0, 0.05) is 22.6 Å². The van der Waals surface area contributed by atoms with Crippen LogP contribution in [-0.2, 0) is 19.1 Å². The molecule has 0 aliphatic heterocycles. The highest BCUT2D eigenvalue weighted by Crippen LogP contribution is 2.33. The van der Waals surface area contributed by atoms with Crippen LogP contribution in [0.4, 0.5) is 8.78 Å². The molecule has 1 aromatic carbocycles. The summed E-state index contributed by atoms with van der Waals surface area (Å²) in [5, 5.41) is 10.9. The number of hydrogen-bond donors (Lipinski definition) is 0. The molecule has 0 spiro atoms. The Bertz CT molecular complexity index is 611. The van der Waals surface area contributed by atoms with Gasteiger partial charge in [0.15, 0.2) is 5.92 Å². The number of carbonyl (C=O) groups is 2. The van der Waals surface area contributed by atoms with Gasteiger partial charge in [-0.25, -0.2) is 8.78 Å². The second-order valence-corrected chi connectivity index (χ2v) is 4.65. The Morgan fingerprint density at radius 1 is 1.12 bits per heavy atom. The summed E-state index contributed by atoms with van der Waals surface area (Å²) >= 11 is 0. The summed E-state index contributed by atoms with van der Waals surface area (Å²) in [6, 6.07) is 1.58. The van der Waals surface area contributed by atoms with E-state index in [0.717, 1.165) is 26.4 Å². The molecule has 1 aromatic rings. The summed E-state index contributed by atoms with van der Waals surface area (Å²) in [6.07, 6.45) is 0. The van der Waals surface area contributed by atoms with Crippen LogP contribution in [0.15, 0.2) is 12.1 Å². The Labute approximate surface area is 135 Å². The lowest BCUT2D eigenvalue weighted by atomic mass is 9.85. The largest absolute Gasteiger partial charge is 0.497 e. The van der Waals surface area contributed by atoms with Crippen molar-refractivity contribution in [1.82, 2.24) is 0 Å². The van der Waals surface area contributed by atoms with Crippen LogP contribution in [0.3, 0.4) is 0 Å². The van der Waals surface area contributed by atoms with Gasteiger partial charge in [-0.2, -0.15) is 0 Å². The van der Waals surface area contributed by atoms with Gasteiger partial charge in [-0.3, -0.25) is 19.7 Å². The molecule has 0 unspecified atom stereocenters. The summed E-state index contributed by atoms with van der Waals surface area (Å²) in [5.74, 6) is -8.63. The number of hydrogen-bond acceptors (Lipinski definition) is 7. The van der Waals surface area contributed by atoms with E-state index >= 15 is 0 Å². The van der Waals surface area contributed by atoms with Gasteiger partial charge in [0.2, 0.25) is 6.54 Å². The van der Waals surface area contributed by atoms with Crippen molar-refractivity contribution in [2.75, 3.05) is 27.9 Å². The predicted octanol–water partition coefficient (Wildman–Crippen LogP) is 1.30. The standard InChI is InChI=1S/C14H15F2NO7/c1-22-7-4-9(15)11(10(16)5-7)8(6-17(20)21)12(13(18)23-2)14(19)24-3/h4-5,8,12H,6H2,1-3H3/t8-/m1/s1. The highest BCUT2D eigenvalue weighted by molar-refractivity contribution is 5.96. The maximum absolute atomic E-state index is 14.2. The average Bonchev–Trinajstić information content (AvgIpc) is 2.52. The number of esters is 2. The number of ether oxygens (including phenoxy) is 3. The van der Waals surface area contributed by atoms with Crippen molar-refractivity contribution in [3.05, 3.63) is 39.4 Å². The Balaban J connectivity index is 3.53. The minimum atomic E-state index is -1.90. The predicted molar refractivity (Wildman–Crippen MR) is 75.0 cm³/mol. The third-order valence-corrected chi connectivity index (χ3v) is 3.32. The van der Waals surface area contributed by atoms with E-state index in [2.05, 4.69) is 9.47 Å². The maximum Gasteiger partial charge on any atom is 0.320 e. The summed E-state index contributed by atoms with van der Waals surface area (Å²) in [6.45, 7) is -1.09. The van der Waals surface area contributed by atoms with E-state index in [1.807, 2.05) is 0 Å². The van der Waals surface area contributed by atoms with E-state index in [1.165, 1.54) is 7.11 Å². The third-order valence-electron chi connectivity index (χ3n) is 3.32. The fraction of sp³-hybridized carbons (Fsp3) is 0.429. The normalized spacial score (nSPS) is 11.8. The van der Waals surface area contributed by atoms with Crippen molar-refractivity contribution >= 4 is 11.9 Å². The van der Waals surface area contributed by atoms with Crippen molar-refractivity contribution in [2.24, 2.45) is 5.92 Å². The van der Waals surface area contributed by atoms with Crippen LogP contribution >= 0.6 is 0 Å². The number of benzene rings is 1. The van der Waals surface area contributed by atoms with Gasteiger partial charge in [0.1, 0.15) is 17.4 Å². The molecular formula is C14H15F2NO7. The van der Waals surface area contributed by atoms with Gasteiger partial charge in [-0.1, -0.05) is 0 Å². The molecular weight excluding hydrogens is 332 g/mol. The first-order valence-corrected chi connectivity index (χ1v) is 6.57. The van der Waals surface area contributed by atoms with Crippen LogP contribution in [0.1, 0.15) is 11.5 Å². The van der Waals surface area contributed by atoms with Gasteiger partial charge in [-0.05, 0) is 0 Å². The molecule has 1 atom stereocenters. The fourth-order valence-corrected chi connectivity index (χ4v) is 2.24. The molecule has 132 valence electrons. The molecule has 0 bridgehead atoms. The van der Waals surface area contributed by atoms with Crippen LogP contribution in [0.25, 0.3) is 0 Å². The first kappa shape index (κ1) is 19.3. The Kier molecular flexibility index (Phi) is 6.57. The number of methoxy groups -OCH3 is 3. The van der Waals surface area contributed by atoms with Gasteiger partial charge in [-0.15, -0.1) is 0 Å². The molecule has 0 radical (unpaired) electrons. The maximum atomic E-state index is 14.2. The molecule has 0 saturated carbocycles. The van der Waals surface area contributed by atoms with Crippen molar-refractivity contribution in [3.8, 4) is 5.75 Å². The average molecular weight is 347 g/mol. The monoisotopic (exact) mass is 347 g/mol. The van der Waals surface area contributed by atoms with E-state index in [1.54, 1.807) is 0 Å². The molecule has 0 amide bonds. The molecule has 8 nitrogen and oxygen atoms in total. The smallest absolute Gasteiger partial charge is 0.320 e. The first-order chi connectivity index (χ1) is 11.3. The topological polar surface area (TPSA) is 105 Å². The number of carbonyl (C=O) groups excluding carboxylic acids is 2. The summed E-state index contributed by atoms with van der Waals surface area (Å²) in [5.41, 5.74) is -0.798. The summed E-state index contributed by atoms with van der Waals surface area (Å²) in [4.78, 5) is 33.7. The third kappa shape index (κ3) is 4.15. The Morgan fingerprint density at radius 3 is 1.92 bits per heavy atom. The second-order valence-electron chi connectivity index (χ2n) is 4.65. The van der Waals surface area contributed by atoms with Crippen molar-refractivity contribution in [2.45, 2.75) is 5.92 Å². The molecule has 24 heavy (non-hydrogen) atoms. The minimum absolute atomic E-state index is 0.165. The van der Waals surface area contributed by atoms with Crippen molar-refractivity contribution < 1.29 is 37.5 Å². The molecule has 0 aliphatic carbocycles. The van der Waals surface area contributed by atoms with Crippen LogP contribution < -0.4 is 4.74 Å². The van der Waals surface area contributed by atoms with E-state index < -0.39 is 52.4 Å². The van der Waals surface area contributed by atoms with Crippen molar-refractivity contribution in [3.63, 3.8) is 0 Å². The first-order valence-electron chi connectivity index (χ1n) is 6.57. The van der Waals surface area contributed by atoms with Gasteiger partial charge in [0.25, 0.3) is 0 Å². The van der Waals surface area contributed by atoms with Gasteiger partial charge >= 0.3 is 11.9 Å². The van der Waals surface area contributed by atoms with Crippen LogP contribution in [-0.4, -0.2) is 44.7 Å². The van der Waals surface area contributed by atoms with Gasteiger partial charge in [0.05, 0.1) is 27.2 Å². The van der Waals surface area contributed by atoms with Crippen molar-refractivity contribution in [1.29, 1.82) is 0 Å². The van der Waals surface area contributed by atoms with Crippen LogP contribution in [0, 0.1) is 27.7 Å². The SMILES string of the molecule is COC(=O)C(C(=O)OC)[C@H](C[N+](=O)[O-])c1c(F)cc(OC)cc1F. The lowest BCUT2D eigenvalue weighted by Crippen LogP contribution is -2.36. The van der Waals surface area contributed by atoms with Crippen LogP contribution in [0.2, 0.25) is 0 Å². The summed E-state index contributed by atoms with van der Waals surface area (Å²) in [7, 11) is 3.04. The molecule has 0 aromatic heterocycles. The fourth-order valence-electron chi connectivity index (χ4n) is 2.24. The van der Waals surface area contributed by atoms with Gasteiger partial charge < -0.3 is 14.2 Å². The van der Waals surface area contributed by atoms with Crippen LogP contribution in [0.5, 0.6) is 5.75 Å². The van der Waals surface area contributed by atoms with E-state index in [9.17, 15) is 28.5 Å². The number of nitro groups is 1. The Morgan fingerprint density at radius 2 is 1.58 bits per heavy atom. The van der Waals surface area contributed by atoms with E-state index in [-0.39, 0.29) is 5.75 Å². The zero-order chi connectivity index (χ0) is 18.4. The number of nitrogens with zero attached hydrogens (tertiary/aromatic N) is 1. The minimum Gasteiger partial charge on any atom is -0.497 e.